The first kappa shape index (κ1) is 14.1. The average Bonchev–Trinajstić information content (AvgIpc) is 2.45. The van der Waals surface area contributed by atoms with Gasteiger partial charge in [-0.15, -0.1) is 0 Å². The second kappa shape index (κ2) is 6.71. The largest absolute Gasteiger partial charge is 0.490 e. The molecule has 0 radical (unpaired) electrons. The maximum atomic E-state index is 5.51. The molecule has 0 aliphatic carbocycles. The van der Waals surface area contributed by atoms with Crippen LogP contribution in [0.5, 0.6) is 5.75 Å². The molecule has 2 nitrogen and oxygen atoms in total. The molecule has 0 spiro atoms. The first-order valence-electron chi connectivity index (χ1n) is 6.64. The van der Waals surface area contributed by atoms with Crippen molar-refractivity contribution in [2.45, 2.75) is 13.8 Å². The molecule has 20 heavy (non-hydrogen) atoms. The Balaban J connectivity index is 2.16. The first-order valence-corrected chi connectivity index (χ1v) is 6.64. The van der Waals surface area contributed by atoms with Crippen LogP contribution < -0.4 is 4.74 Å². The van der Waals surface area contributed by atoms with E-state index in [0.717, 1.165) is 17.0 Å². The lowest BCUT2D eigenvalue weighted by Gasteiger charge is -2.04. The predicted octanol–water partition coefficient (Wildman–Crippen LogP) is 4.62. The van der Waals surface area contributed by atoms with Crippen molar-refractivity contribution in [2.24, 2.45) is 4.99 Å². The number of aryl methyl sites for hydroxylation is 2. The Kier molecular flexibility index (Phi) is 4.72. The Morgan fingerprint density at radius 2 is 2.00 bits per heavy atom. The lowest BCUT2D eigenvalue weighted by atomic mass is 10.1. The van der Waals surface area contributed by atoms with Crippen molar-refractivity contribution in [1.82, 2.24) is 0 Å². The van der Waals surface area contributed by atoms with Crippen molar-refractivity contribution in [3.63, 3.8) is 0 Å². The predicted molar refractivity (Wildman–Crippen MR) is 85.3 cm³/mol. The van der Waals surface area contributed by atoms with Crippen LogP contribution in [0.3, 0.4) is 0 Å². The molecule has 2 aromatic rings. The van der Waals surface area contributed by atoms with Crippen LogP contribution >= 0.6 is 0 Å². The van der Waals surface area contributed by atoms with Crippen LogP contribution in [-0.2, 0) is 0 Å². The number of hydrogen-bond donors (Lipinski definition) is 0. The van der Waals surface area contributed by atoms with Gasteiger partial charge >= 0.3 is 0 Å². The molecule has 0 N–H and O–H groups in total. The highest BCUT2D eigenvalue weighted by Gasteiger charge is 1.97. The van der Waals surface area contributed by atoms with E-state index in [-0.39, 0.29) is 0 Å². The normalized spacial score (nSPS) is 10.7. The van der Waals surface area contributed by atoms with Crippen LogP contribution in [0.1, 0.15) is 16.7 Å². The second-order valence-corrected chi connectivity index (χ2v) is 4.72. The highest BCUT2D eigenvalue weighted by Crippen LogP contribution is 2.20. The summed E-state index contributed by atoms with van der Waals surface area (Å²) < 4.78 is 5.51. The molecule has 0 aliphatic heterocycles. The van der Waals surface area contributed by atoms with Gasteiger partial charge in [0.25, 0.3) is 0 Å². The molecule has 0 bridgehead atoms. The topological polar surface area (TPSA) is 21.6 Å². The van der Waals surface area contributed by atoms with E-state index in [1.54, 1.807) is 6.08 Å². The molecule has 0 fully saturated rings. The molecule has 2 heteroatoms. The third kappa shape index (κ3) is 3.82. The fourth-order valence-electron chi connectivity index (χ4n) is 1.93. The molecule has 0 heterocycles. The van der Waals surface area contributed by atoms with Crippen LogP contribution in [0.4, 0.5) is 5.69 Å². The Morgan fingerprint density at radius 3 is 2.75 bits per heavy atom. The molecule has 0 saturated carbocycles. The van der Waals surface area contributed by atoms with Gasteiger partial charge in [0, 0.05) is 6.21 Å². The Morgan fingerprint density at radius 1 is 1.15 bits per heavy atom. The van der Waals surface area contributed by atoms with E-state index in [9.17, 15) is 0 Å². The van der Waals surface area contributed by atoms with E-state index in [4.69, 9.17) is 4.74 Å². The van der Waals surface area contributed by atoms with E-state index < -0.39 is 0 Å². The molecule has 0 unspecified atom stereocenters. The van der Waals surface area contributed by atoms with Crippen molar-refractivity contribution in [1.29, 1.82) is 0 Å². The summed E-state index contributed by atoms with van der Waals surface area (Å²) in [5, 5.41) is 0. The SMILES string of the molecule is C=CCOc1cccc(C=Nc2ccc(C)cc2C)c1. The summed E-state index contributed by atoms with van der Waals surface area (Å²) in [7, 11) is 0. The van der Waals surface area contributed by atoms with Crippen molar-refractivity contribution < 1.29 is 4.74 Å². The Labute approximate surface area is 120 Å². The quantitative estimate of drug-likeness (QED) is 0.571. The van der Waals surface area contributed by atoms with E-state index in [1.807, 2.05) is 36.5 Å². The summed E-state index contributed by atoms with van der Waals surface area (Å²) in [5.41, 5.74) is 4.45. The molecular formula is C18H19NO. The lowest BCUT2D eigenvalue weighted by molar-refractivity contribution is 0.363. The third-order valence-corrected chi connectivity index (χ3v) is 2.93. The number of aliphatic imine (C=N–C) groups is 1. The van der Waals surface area contributed by atoms with Crippen LogP contribution in [0.25, 0.3) is 0 Å². The van der Waals surface area contributed by atoms with Crippen LogP contribution in [0, 0.1) is 13.8 Å². The van der Waals surface area contributed by atoms with Gasteiger partial charge in [-0.05, 0) is 43.2 Å². The lowest BCUT2D eigenvalue weighted by Crippen LogP contribution is -1.93. The maximum absolute atomic E-state index is 5.51. The zero-order valence-electron chi connectivity index (χ0n) is 12.0. The molecule has 2 aromatic carbocycles. The molecular weight excluding hydrogens is 246 g/mol. The fourth-order valence-corrected chi connectivity index (χ4v) is 1.93. The zero-order valence-corrected chi connectivity index (χ0v) is 12.0. The van der Waals surface area contributed by atoms with Crippen molar-refractivity contribution in [3.8, 4) is 5.75 Å². The van der Waals surface area contributed by atoms with Crippen LogP contribution in [0.15, 0.2) is 60.1 Å². The van der Waals surface area contributed by atoms with E-state index in [1.165, 1.54) is 11.1 Å². The van der Waals surface area contributed by atoms with Crippen LogP contribution in [0.2, 0.25) is 0 Å². The minimum Gasteiger partial charge on any atom is -0.490 e. The summed E-state index contributed by atoms with van der Waals surface area (Å²) in [5.74, 6) is 0.828. The van der Waals surface area contributed by atoms with Gasteiger partial charge in [-0.25, -0.2) is 0 Å². The number of nitrogens with zero attached hydrogens (tertiary/aromatic N) is 1. The highest BCUT2D eigenvalue weighted by molar-refractivity contribution is 5.82. The Hall–Kier alpha value is -2.35. The van der Waals surface area contributed by atoms with Gasteiger partial charge in [-0.1, -0.05) is 42.5 Å². The van der Waals surface area contributed by atoms with Gasteiger partial charge in [0.15, 0.2) is 0 Å². The zero-order chi connectivity index (χ0) is 14.4. The molecule has 0 aromatic heterocycles. The van der Waals surface area contributed by atoms with Gasteiger partial charge in [0.05, 0.1) is 5.69 Å². The highest BCUT2D eigenvalue weighted by atomic mass is 16.5. The molecule has 0 amide bonds. The summed E-state index contributed by atoms with van der Waals surface area (Å²) >= 11 is 0. The standard InChI is InChI=1S/C18H19NO/c1-4-10-20-17-7-5-6-16(12-17)13-19-18-9-8-14(2)11-15(18)3/h4-9,11-13H,1,10H2,2-3H3. The number of hydrogen-bond acceptors (Lipinski definition) is 2. The third-order valence-electron chi connectivity index (χ3n) is 2.93. The van der Waals surface area contributed by atoms with Crippen LogP contribution in [-0.4, -0.2) is 12.8 Å². The summed E-state index contributed by atoms with van der Waals surface area (Å²) in [4.78, 5) is 4.54. The Bertz CT molecular complexity index is 629. The smallest absolute Gasteiger partial charge is 0.120 e. The maximum Gasteiger partial charge on any atom is 0.120 e. The number of ether oxygens (including phenoxy) is 1. The molecule has 0 aliphatic rings. The van der Waals surface area contributed by atoms with E-state index in [2.05, 4.69) is 37.6 Å². The minimum atomic E-state index is 0.512. The number of benzene rings is 2. The minimum absolute atomic E-state index is 0.512. The van der Waals surface area contributed by atoms with Crippen molar-refractivity contribution >= 4 is 11.9 Å². The molecule has 2 rings (SSSR count). The molecule has 0 atom stereocenters. The van der Waals surface area contributed by atoms with Crippen molar-refractivity contribution in [3.05, 3.63) is 71.8 Å². The molecule has 0 saturated heterocycles. The first-order chi connectivity index (χ1) is 9.69. The summed E-state index contributed by atoms with van der Waals surface area (Å²) in [6, 6.07) is 14.1. The summed E-state index contributed by atoms with van der Waals surface area (Å²) in [6.45, 7) is 8.31. The van der Waals surface area contributed by atoms with E-state index in [0.29, 0.717) is 6.61 Å². The monoisotopic (exact) mass is 265 g/mol. The van der Waals surface area contributed by atoms with Gasteiger partial charge in [0.1, 0.15) is 12.4 Å². The van der Waals surface area contributed by atoms with Gasteiger partial charge in [0.2, 0.25) is 0 Å². The fraction of sp³-hybridized carbons (Fsp3) is 0.167. The van der Waals surface area contributed by atoms with Crippen molar-refractivity contribution in [2.75, 3.05) is 6.61 Å². The second-order valence-electron chi connectivity index (χ2n) is 4.72. The van der Waals surface area contributed by atoms with Gasteiger partial charge in [-0.3, -0.25) is 4.99 Å². The van der Waals surface area contributed by atoms with E-state index >= 15 is 0 Å². The van der Waals surface area contributed by atoms with Gasteiger partial charge < -0.3 is 4.74 Å². The summed E-state index contributed by atoms with van der Waals surface area (Å²) in [6.07, 6.45) is 3.59. The average molecular weight is 265 g/mol. The molecule has 102 valence electrons. The number of rotatable bonds is 5. The van der Waals surface area contributed by atoms with Gasteiger partial charge in [-0.2, -0.15) is 0 Å².